The highest BCUT2D eigenvalue weighted by Crippen LogP contribution is 2.40. The predicted octanol–water partition coefficient (Wildman–Crippen LogP) is 7.57. The van der Waals surface area contributed by atoms with Gasteiger partial charge in [-0.3, -0.25) is 0 Å². The van der Waals surface area contributed by atoms with E-state index in [0.29, 0.717) is 5.54 Å². The SMILES string of the molecule is CCCCC[Si](OC)(OC)C(C)C.CCCCC[Si](OC)(OC)C1CCCCC1. The van der Waals surface area contributed by atoms with Crippen LogP contribution >= 0.6 is 0 Å². The lowest BCUT2D eigenvalue weighted by Gasteiger charge is -2.37. The van der Waals surface area contributed by atoms with Crippen LogP contribution in [0.4, 0.5) is 0 Å². The van der Waals surface area contributed by atoms with Crippen molar-refractivity contribution in [1.82, 2.24) is 0 Å². The maximum absolute atomic E-state index is 5.89. The molecule has 0 radical (unpaired) electrons. The predicted molar refractivity (Wildman–Crippen MR) is 130 cm³/mol. The molecule has 0 aromatic heterocycles. The Morgan fingerprint density at radius 2 is 1.17 bits per heavy atom. The van der Waals surface area contributed by atoms with E-state index < -0.39 is 17.1 Å². The minimum atomic E-state index is -1.88. The zero-order valence-electron chi connectivity index (χ0n) is 21.0. The van der Waals surface area contributed by atoms with Crippen LogP contribution in [0.3, 0.4) is 0 Å². The van der Waals surface area contributed by atoms with E-state index in [9.17, 15) is 0 Å². The van der Waals surface area contributed by atoms with E-state index >= 15 is 0 Å². The number of hydrogen-bond acceptors (Lipinski definition) is 4. The molecular weight excluding hydrogens is 396 g/mol. The Hall–Kier alpha value is 0.274. The van der Waals surface area contributed by atoms with Crippen molar-refractivity contribution in [3.8, 4) is 0 Å². The van der Waals surface area contributed by atoms with E-state index in [1.165, 1.54) is 76.7 Å². The van der Waals surface area contributed by atoms with E-state index in [1.54, 1.807) is 14.2 Å². The lowest BCUT2D eigenvalue weighted by Crippen LogP contribution is -2.45. The normalized spacial score (nSPS) is 16.0. The number of hydrogen-bond donors (Lipinski definition) is 0. The second-order valence-electron chi connectivity index (χ2n) is 8.84. The van der Waals surface area contributed by atoms with Crippen LogP contribution in [0.25, 0.3) is 0 Å². The minimum Gasteiger partial charge on any atom is -0.397 e. The molecule has 1 aliphatic carbocycles. The van der Waals surface area contributed by atoms with E-state index in [0.717, 1.165) is 11.6 Å². The largest absolute Gasteiger partial charge is 0.397 e. The fourth-order valence-electron chi connectivity index (χ4n) is 4.66. The summed E-state index contributed by atoms with van der Waals surface area (Å²) in [4.78, 5) is 0. The van der Waals surface area contributed by atoms with E-state index in [2.05, 4.69) is 27.7 Å². The van der Waals surface area contributed by atoms with Crippen molar-refractivity contribution in [1.29, 1.82) is 0 Å². The van der Waals surface area contributed by atoms with Crippen LogP contribution in [0.5, 0.6) is 0 Å². The molecule has 0 amide bonds. The first-order valence-corrected chi connectivity index (χ1v) is 16.3. The van der Waals surface area contributed by atoms with Gasteiger partial charge in [0.2, 0.25) is 0 Å². The van der Waals surface area contributed by atoms with Gasteiger partial charge in [0.05, 0.1) is 0 Å². The summed E-state index contributed by atoms with van der Waals surface area (Å²) in [7, 11) is 3.59. The summed E-state index contributed by atoms with van der Waals surface area (Å²) in [6.45, 7) is 8.87. The average Bonchev–Trinajstić information content (AvgIpc) is 2.76. The first-order chi connectivity index (χ1) is 13.9. The van der Waals surface area contributed by atoms with Crippen LogP contribution in [0.2, 0.25) is 23.2 Å². The third-order valence-corrected chi connectivity index (χ3v) is 15.2. The first kappa shape index (κ1) is 29.3. The lowest BCUT2D eigenvalue weighted by atomic mass is 10.0. The van der Waals surface area contributed by atoms with Crippen molar-refractivity contribution in [2.24, 2.45) is 0 Å². The van der Waals surface area contributed by atoms with Gasteiger partial charge in [0.1, 0.15) is 0 Å². The molecule has 0 aliphatic heterocycles. The van der Waals surface area contributed by atoms with Gasteiger partial charge in [-0.2, -0.15) is 0 Å². The van der Waals surface area contributed by atoms with Crippen LogP contribution < -0.4 is 0 Å². The fraction of sp³-hybridized carbons (Fsp3) is 1.00. The van der Waals surface area contributed by atoms with E-state index in [-0.39, 0.29) is 0 Å². The maximum atomic E-state index is 5.89. The maximum Gasteiger partial charge on any atom is 0.340 e. The molecule has 0 bridgehead atoms. The third kappa shape index (κ3) is 9.96. The summed E-state index contributed by atoms with van der Waals surface area (Å²) in [6.07, 6.45) is 14.5. The van der Waals surface area contributed by atoms with Crippen molar-refractivity contribution in [3.63, 3.8) is 0 Å². The summed E-state index contributed by atoms with van der Waals surface area (Å²) in [5.74, 6) is 0. The Balaban J connectivity index is 0.000000555. The van der Waals surface area contributed by atoms with Gasteiger partial charge in [0.25, 0.3) is 0 Å². The highest BCUT2D eigenvalue weighted by atomic mass is 28.4. The Morgan fingerprint density at radius 1 is 0.690 bits per heavy atom. The third-order valence-electron chi connectivity index (χ3n) is 6.75. The van der Waals surface area contributed by atoms with Gasteiger partial charge in [0, 0.05) is 34.0 Å². The summed E-state index contributed by atoms with van der Waals surface area (Å²) in [5, 5.41) is 0. The van der Waals surface area contributed by atoms with Crippen LogP contribution in [-0.4, -0.2) is 45.6 Å². The van der Waals surface area contributed by atoms with Crippen molar-refractivity contribution in [3.05, 3.63) is 0 Å². The molecule has 1 aliphatic rings. The van der Waals surface area contributed by atoms with Gasteiger partial charge < -0.3 is 17.7 Å². The van der Waals surface area contributed by atoms with Gasteiger partial charge in [-0.25, -0.2) is 0 Å². The molecular formula is C23H52O4Si2. The van der Waals surface area contributed by atoms with Crippen LogP contribution in [-0.2, 0) is 17.7 Å². The van der Waals surface area contributed by atoms with Crippen LogP contribution in [0.15, 0.2) is 0 Å². The number of rotatable bonds is 14. The summed E-state index contributed by atoms with van der Waals surface area (Å²) >= 11 is 0. The Labute approximate surface area is 184 Å². The quantitative estimate of drug-likeness (QED) is 0.203. The molecule has 0 aromatic rings. The van der Waals surface area contributed by atoms with Gasteiger partial charge in [-0.1, -0.05) is 85.5 Å². The summed E-state index contributed by atoms with van der Waals surface area (Å²) in [6, 6.07) is 2.32. The summed E-state index contributed by atoms with van der Waals surface area (Å²) in [5.41, 5.74) is 1.28. The van der Waals surface area contributed by atoms with Crippen LogP contribution in [0, 0.1) is 0 Å². The smallest absolute Gasteiger partial charge is 0.340 e. The molecule has 0 atom stereocenters. The van der Waals surface area contributed by atoms with Crippen LogP contribution in [0.1, 0.15) is 98.3 Å². The molecule has 176 valence electrons. The number of unbranched alkanes of at least 4 members (excludes halogenated alkanes) is 4. The van der Waals surface area contributed by atoms with Gasteiger partial charge in [-0.15, -0.1) is 0 Å². The zero-order valence-corrected chi connectivity index (χ0v) is 23.0. The molecule has 1 saturated carbocycles. The second-order valence-corrected chi connectivity index (χ2v) is 16.7. The topological polar surface area (TPSA) is 36.9 Å². The average molecular weight is 449 g/mol. The van der Waals surface area contributed by atoms with Crippen molar-refractivity contribution >= 4 is 17.1 Å². The van der Waals surface area contributed by atoms with Gasteiger partial charge >= 0.3 is 17.1 Å². The highest BCUT2D eigenvalue weighted by molar-refractivity contribution is 6.69. The standard InChI is InChI=1S/C13H28O2Si.C10H24O2Si/c1-4-5-9-12-16(14-2,15-3)13-10-7-6-8-11-13;1-6-7-8-9-13(11-4,12-5)10(2)3/h13H,4-12H2,1-3H3;10H,6-9H2,1-5H3. The van der Waals surface area contributed by atoms with Crippen molar-refractivity contribution in [2.45, 2.75) is 121 Å². The fourth-order valence-corrected chi connectivity index (χ4v) is 11.2. The molecule has 4 nitrogen and oxygen atoms in total. The molecule has 0 unspecified atom stereocenters. The highest BCUT2D eigenvalue weighted by Gasteiger charge is 2.43. The van der Waals surface area contributed by atoms with Crippen molar-refractivity contribution in [2.75, 3.05) is 28.4 Å². The molecule has 6 heteroatoms. The molecule has 29 heavy (non-hydrogen) atoms. The first-order valence-electron chi connectivity index (χ1n) is 12.1. The Morgan fingerprint density at radius 3 is 1.55 bits per heavy atom. The summed E-state index contributed by atoms with van der Waals surface area (Å²) < 4.78 is 23.0. The van der Waals surface area contributed by atoms with Crippen molar-refractivity contribution < 1.29 is 17.7 Å². The second kappa shape index (κ2) is 16.9. The Kier molecular flexibility index (Phi) is 17.1. The minimum absolute atomic E-state index is 0.541. The molecule has 1 rings (SSSR count). The van der Waals surface area contributed by atoms with E-state index in [4.69, 9.17) is 17.7 Å². The Bertz CT molecular complexity index is 366. The molecule has 0 saturated heterocycles. The monoisotopic (exact) mass is 448 g/mol. The van der Waals surface area contributed by atoms with Gasteiger partial charge in [0.15, 0.2) is 0 Å². The molecule has 0 heterocycles. The lowest BCUT2D eigenvalue weighted by molar-refractivity contribution is 0.215. The molecule has 0 spiro atoms. The van der Waals surface area contributed by atoms with Gasteiger partial charge in [-0.05, 0) is 30.5 Å². The van der Waals surface area contributed by atoms with E-state index in [1.807, 2.05) is 14.2 Å². The zero-order chi connectivity index (χ0) is 22.2. The molecule has 0 aromatic carbocycles. The molecule has 0 N–H and O–H groups in total. The molecule has 1 fully saturated rings.